The van der Waals surface area contributed by atoms with Gasteiger partial charge in [0, 0.05) is 29.6 Å². The van der Waals surface area contributed by atoms with Gasteiger partial charge in [-0.15, -0.1) is 0 Å². The topological polar surface area (TPSA) is 57.8 Å². The Morgan fingerprint density at radius 3 is 3.12 bits per heavy atom. The Balaban J connectivity index is 1.86. The van der Waals surface area contributed by atoms with E-state index in [1.165, 1.54) is 12.8 Å². The zero-order chi connectivity index (χ0) is 11.7. The van der Waals surface area contributed by atoms with Gasteiger partial charge in [0.1, 0.15) is 5.82 Å². The summed E-state index contributed by atoms with van der Waals surface area (Å²) in [6, 6.07) is 4.15. The van der Waals surface area contributed by atoms with E-state index in [-0.39, 0.29) is 5.56 Å². The smallest absolute Gasteiger partial charge is 0.251 e. The van der Waals surface area contributed by atoms with Gasteiger partial charge in [-0.05, 0) is 24.3 Å². The first-order chi connectivity index (χ1) is 8.31. The summed E-state index contributed by atoms with van der Waals surface area (Å²) in [5.41, 5.74) is 1.69. The van der Waals surface area contributed by atoms with Crippen molar-refractivity contribution < 1.29 is 0 Å². The second kappa shape index (κ2) is 4.43. The SMILES string of the molecule is O=c1cc(CNC2CC2)nc(-c2ccsc2)[nH]1. The molecular formula is C12H13N3OS. The lowest BCUT2D eigenvalue weighted by Gasteiger charge is -2.04. The lowest BCUT2D eigenvalue weighted by Crippen LogP contribution is -2.19. The second-order valence-electron chi connectivity index (χ2n) is 4.25. The van der Waals surface area contributed by atoms with Crippen LogP contribution in [0.25, 0.3) is 11.4 Å². The minimum absolute atomic E-state index is 0.0891. The van der Waals surface area contributed by atoms with Gasteiger partial charge in [0.25, 0.3) is 5.56 Å². The Morgan fingerprint density at radius 2 is 2.41 bits per heavy atom. The average Bonchev–Trinajstić information content (AvgIpc) is 2.98. The first-order valence-corrected chi connectivity index (χ1v) is 6.62. The van der Waals surface area contributed by atoms with E-state index in [0.29, 0.717) is 18.4 Å². The standard InChI is InChI=1S/C12H13N3OS/c16-11-5-10(6-13-9-1-2-9)14-12(15-11)8-3-4-17-7-8/h3-5,7,9,13H,1-2,6H2,(H,14,15,16). The highest BCUT2D eigenvalue weighted by atomic mass is 32.1. The number of rotatable bonds is 4. The summed E-state index contributed by atoms with van der Waals surface area (Å²) in [6.07, 6.45) is 2.47. The Morgan fingerprint density at radius 1 is 1.53 bits per heavy atom. The van der Waals surface area contributed by atoms with Crippen LogP contribution in [0.5, 0.6) is 0 Å². The molecule has 88 valence electrons. The summed E-state index contributed by atoms with van der Waals surface area (Å²) in [5, 5.41) is 7.32. The maximum Gasteiger partial charge on any atom is 0.251 e. The second-order valence-corrected chi connectivity index (χ2v) is 5.03. The summed E-state index contributed by atoms with van der Waals surface area (Å²) in [4.78, 5) is 18.8. The van der Waals surface area contributed by atoms with Crippen molar-refractivity contribution in [2.24, 2.45) is 0 Å². The molecule has 2 aromatic rings. The Kier molecular flexibility index (Phi) is 2.78. The van der Waals surface area contributed by atoms with Crippen LogP contribution in [-0.4, -0.2) is 16.0 Å². The quantitative estimate of drug-likeness (QED) is 0.865. The van der Waals surface area contributed by atoms with Gasteiger partial charge < -0.3 is 10.3 Å². The molecule has 2 aromatic heterocycles. The highest BCUT2D eigenvalue weighted by Gasteiger charge is 2.20. The molecule has 0 spiro atoms. The van der Waals surface area contributed by atoms with E-state index in [0.717, 1.165) is 11.3 Å². The summed E-state index contributed by atoms with van der Waals surface area (Å²) < 4.78 is 0. The normalized spacial score (nSPS) is 15.1. The van der Waals surface area contributed by atoms with Crippen molar-refractivity contribution in [2.45, 2.75) is 25.4 Å². The zero-order valence-corrected chi connectivity index (χ0v) is 10.1. The van der Waals surface area contributed by atoms with Crippen molar-refractivity contribution in [3.05, 3.63) is 38.9 Å². The number of nitrogens with zero attached hydrogens (tertiary/aromatic N) is 1. The first-order valence-electron chi connectivity index (χ1n) is 5.67. The Labute approximate surface area is 103 Å². The third-order valence-corrected chi connectivity index (χ3v) is 3.42. The van der Waals surface area contributed by atoms with E-state index >= 15 is 0 Å². The van der Waals surface area contributed by atoms with E-state index in [1.807, 2.05) is 16.8 Å². The van der Waals surface area contributed by atoms with E-state index in [2.05, 4.69) is 15.3 Å². The predicted octanol–water partition coefficient (Wildman–Crippen LogP) is 1.75. The molecule has 1 fully saturated rings. The molecule has 0 bridgehead atoms. The lowest BCUT2D eigenvalue weighted by atomic mass is 10.3. The van der Waals surface area contributed by atoms with Crippen LogP contribution in [0, 0.1) is 0 Å². The molecule has 0 aliphatic heterocycles. The van der Waals surface area contributed by atoms with Crippen molar-refractivity contribution in [1.29, 1.82) is 0 Å². The van der Waals surface area contributed by atoms with E-state index in [9.17, 15) is 4.79 Å². The maximum atomic E-state index is 11.5. The number of nitrogens with one attached hydrogen (secondary N) is 2. The summed E-state index contributed by atoms with van der Waals surface area (Å²) in [5.74, 6) is 0.659. The fraction of sp³-hybridized carbons (Fsp3) is 0.333. The summed E-state index contributed by atoms with van der Waals surface area (Å²) >= 11 is 1.60. The fourth-order valence-corrected chi connectivity index (χ4v) is 2.31. The molecule has 4 nitrogen and oxygen atoms in total. The highest BCUT2D eigenvalue weighted by molar-refractivity contribution is 7.08. The van der Waals surface area contributed by atoms with Crippen LogP contribution in [0.3, 0.4) is 0 Å². The lowest BCUT2D eigenvalue weighted by molar-refractivity contribution is 0.672. The van der Waals surface area contributed by atoms with Gasteiger partial charge in [0.15, 0.2) is 0 Å². The van der Waals surface area contributed by atoms with Crippen molar-refractivity contribution >= 4 is 11.3 Å². The molecule has 0 unspecified atom stereocenters. The number of aromatic nitrogens is 2. The average molecular weight is 247 g/mol. The minimum atomic E-state index is -0.0891. The van der Waals surface area contributed by atoms with E-state index in [4.69, 9.17) is 0 Å². The van der Waals surface area contributed by atoms with Crippen LogP contribution < -0.4 is 10.9 Å². The van der Waals surface area contributed by atoms with Crippen LogP contribution >= 0.6 is 11.3 Å². The molecule has 5 heteroatoms. The molecule has 3 rings (SSSR count). The molecule has 0 atom stereocenters. The summed E-state index contributed by atoms with van der Waals surface area (Å²) in [6.45, 7) is 0.672. The van der Waals surface area contributed by atoms with E-state index < -0.39 is 0 Å². The van der Waals surface area contributed by atoms with Gasteiger partial charge in [-0.3, -0.25) is 4.79 Å². The molecule has 17 heavy (non-hydrogen) atoms. The zero-order valence-electron chi connectivity index (χ0n) is 9.27. The van der Waals surface area contributed by atoms with E-state index in [1.54, 1.807) is 17.4 Å². The molecule has 0 aromatic carbocycles. The monoisotopic (exact) mass is 247 g/mol. The molecule has 1 aliphatic carbocycles. The predicted molar refractivity (Wildman–Crippen MR) is 68.0 cm³/mol. The molecule has 1 saturated carbocycles. The first kappa shape index (κ1) is 10.7. The third kappa shape index (κ3) is 2.62. The maximum absolute atomic E-state index is 11.5. The van der Waals surface area contributed by atoms with Crippen LogP contribution in [-0.2, 0) is 6.54 Å². The summed E-state index contributed by atoms with van der Waals surface area (Å²) in [7, 11) is 0. The Hall–Kier alpha value is -1.46. The van der Waals surface area contributed by atoms with Crippen molar-refractivity contribution in [2.75, 3.05) is 0 Å². The molecule has 0 amide bonds. The molecule has 2 heterocycles. The van der Waals surface area contributed by atoms with Crippen molar-refractivity contribution in [3.63, 3.8) is 0 Å². The number of H-pyrrole nitrogens is 1. The number of hydrogen-bond acceptors (Lipinski definition) is 4. The Bertz CT molecular complexity index is 557. The van der Waals surface area contributed by atoms with Gasteiger partial charge in [-0.25, -0.2) is 4.98 Å². The van der Waals surface area contributed by atoms with Crippen molar-refractivity contribution in [1.82, 2.24) is 15.3 Å². The van der Waals surface area contributed by atoms with Crippen LogP contribution in [0.4, 0.5) is 0 Å². The third-order valence-electron chi connectivity index (χ3n) is 2.74. The number of aromatic amines is 1. The van der Waals surface area contributed by atoms with Gasteiger partial charge in [-0.1, -0.05) is 0 Å². The molecule has 0 saturated heterocycles. The highest BCUT2D eigenvalue weighted by Crippen LogP contribution is 2.20. The van der Waals surface area contributed by atoms with Crippen LogP contribution in [0.15, 0.2) is 27.7 Å². The molecule has 0 radical (unpaired) electrons. The molecule has 1 aliphatic rings. The van der Waals surface area contributed by atoms with Gasteiger partial charge >= 0.3 is 0 Å². The van der Waals surface area contributed by atoms with Gasteiger partial charge in [0.05, 0.1) is 5.69 Å². The number of thiophene rings is 1. The fourth-order valence-electron chi connectivity index (χ4n) is 1.67. The largest absolute Gasteiger partial charge is 0.308 e. The minimum Gasteiger partial charge on any atom is -0.308 e. The molecular weight excluding hydrogens is 234 g/mol. The van der Waals surface area contributed by atoms with Crippen LogP contribution in [0.2, 0.25) is 0 Å². The molecule has 2 N–H and O–H groups in total. The van der Waals surface area contributed by atoms with Crippen LogP contribution in [0.1, 0.15) is 18.5 Å². The number of hydrogen-bond donors (Lipinski definition) is 2. The van der Waals surface area contributed by atoms with Crippen molar-refractivity contribution in [3.8, 4) is 11.4 Å². The van der Waals surface area contributed by atoms with Gasteiger partial charge in [0.2, 0.25) is 0 Å². The van der Waals surface area contributed by atoms with Gasteiger partial charge in [-0.2, -0.15) is 11.3 Å².